The summed E-state index contributed by atoms with van der Waals surface area (Å²) in [6.45, 7) is 1.68. The molecule has 5 rings (SSSR count). The summed E-state index contributed by atoms with van der Waals surface area (Å²) in [5, 5.41) is 0. The molecule has 0 spiro atoms. The van der Waals surface area contributed by atoms with Crippen molar-refractivity contribution in [3.8, 4) is 0 Å². The average Bonchev–Trinajstić information content (AvgIpc) is 2.91. The van der Waals surface area contributed by atoms with Crippen LogP contribution in [0.3, 0.4) is 0 Å². The normalized spacial score (nSPS) is 11.2. The molecule has 0 unspecified atom stereocenters. The molecule has 0 amide bonds. The fraction of sp³-hybridized carbons (Fsp3) is 0.0625. The Morgan fingerprint density at radius 2 is 0.784 bits per heavy atom. The van der Waals surface area contributed by atoms with Gasteiger partial charge in [-0.15, -0.1) is 0 Å². The standard InChI is InChI=1S/C32H25F3N2/c1-24-21-25(32(33,34)35)23-31(22-24)37(28-15-9-4-10-16-28)30-19-17-29(18-20-30)36(26-11-5-2-6-12-26)27-13-7-3-8-14-27/h2-23H,1H3. The zero-order valence-corrected chi connectivity index (χ0v) is 20.2. The van der Waals surface area contributed by atoms with Crippen molar-refractivity contribution >= 4 is 34.1 Å². The highest BCUT2D eigenvalue weighted by atomic mass is 19.4. The zero-order chi connectivity index (χ0) is 25.8. The molecule has 5 heteroatoms. The maximum absolute atomic E-state index is 13.7. The Morgan fingerprint density at radius 3 is 1.16 bits per heavy atom. The van der Waals surface area contributed by atoms with Gasteiger partial charge in [0.25, 0.3) is 0 Å². The number of nitrogens with zero attached hydrogens (tertiary/aromatic N) is 2. The van der Waals surface area contributed by atoms with Crippen LogP contribution in [0.4, 0.5) is 47.3 Å². The predicted octanol–water partition coefficient (Wildman–Crippen LogP) is 9.95. The SMILES string of the molecule is Cc1cc(N(c2ccccc2)c2ccc(N(c3ccccc3)c3ccccc3)cc2)cc(C(F)(F)F)c1. The van der Waals surface area contributed by atoms with Crippen LogP contribution in [0.15, 0.2) is 133 Å². The maximum atomic E-state index is 13.7. The molecule has 0 radical (unpaired) electrons. The lowest BCUT2D eigenvalue weighted by atomic mass is 10.1. The summed E-state index contributed by atoms with van der Waals surface area (Å²) >= 11 is 0. The minimum Gasteiger partial charge on any atom is -0.311 e. The molecule has 0 atom stereocenters. The molecular weight excluding hydrogens is 469 g/mol. The van der Waals surface area contributed by atoms with Gasteiger partial charge in [-0.05, 0) is 91.3 Å². The predicted molar refractivity (Wildman–Crippen MR) is 146 cm³/mol. The Labute approximate surface area is 214 Å². The Kier molecular flexibility index (Phi) is 6.69. The van der Waals surface area contributed by atoms with Gasteiger partial charge in [0.05, 0.1) is 5.56 Å². The number of para-hydroxylation sites is 3. The third-order valence-corrected chi connectivity index (χ3v) is 6.06. The number of benzene rings is 5. The van der Waals surface area contributed by atoms with Gasteiger partial charge in [-0.2, -0.15) is 13.2 Å². The molecule has 0 N–H and O–H groups in total. The maximum Gasteiger partial charge on any atom is 0.416 e. The van der Waals surface area contributed by atoms with Crippen LogP contribution in [0.5, 0.6) is 0 Å². The number of rotatable bonds is 6. The number of hydrogen-bond acceptors (Lipinski definition) is 2. The Morgan fingerprint density at radius 1 is 0.432 bits per heavy atom. The highest BCUT2D eigenvalue weighted by molar-refractivity contribution is 5.81. The van der Waals surface area contributed by atoms with E-state index in [2.05, 4.69) is 4.90 Å². The van der Waals surface area contributed by atoms with Crippen molar-refractivity contribution in [1.82, 2.24) is 0 Å². The van der Waals surface area contributed by atoms with E-state index in [-0.39, 0.29) is 0 Å². The molecule has 2 nitrogen and oxygen atoms in total. The lowest BCUT2D eigenvalue weighted by Crippen LogP contribution is -2.13. The van der Waals surface area contributed by atoms with Crippen LogP contribution in [-0.2, 0) is 6.18 Å². The van der Waals surface area contributed by atoms with Crippen molar-refractivity contribution in [1.29, 1.82) is 0 Å². The summed E-state index contributed by atoms with van der Waals surface area (Å²) in [6.07, 6.45) is -4.43. The van der Waals surface area contributed by atoms with Gasteiger partial charge >= 0.3 is 6.18 Å². The van der Waals surface area contributed by atoms with Crippen molar-refractivity contribution in [2.24, 2.45) is 0 Å². The van der Waals surface area contributed by atoms with E-state index >= 15 is 0 Å². The Hall–Kier alpha value is -4.51. The minimum atomic E-state index is -4.43. The molecule has 5 aromatic carbocycles. The van der Waals surface area contributed by atoms with Crippen LogP contribution in [0.25, 0.3) is 0 Å². The summed E-state index contributed by atoms with van der Waals surface area (Å²) in [7, 11) is 0. The van der Waals surface area contributed by atoms with Gasteiger partial charge in [-0.3, -0.25) is 0 Å². The molecule has 0 saturated heterocycles. The van der Waals surface area contributed by atoms with Gasteiger partial charge in [-0.1, -0.05) is 54.6 Å². The van der Waals surface area contributed by atoms with E-state index in [0.717, 1.165) is 28.4 Å². The van der Waals surface area contributed by atoms with E-state index in [4.69, 9.17) is 0 Å². The van der Waals surface area contributed by atoms with Crippen LogP contribution in [0.1, 0.15) is 11.1 Å². The molecule has 0 heterocycles. The van der Waals surface area contributed by atoms with E-state index in [0.29, 0.717) is 11.3 Å². The zero-order valence-electron chi connectivity index (χ0n) is 20.2. The fourth-order valence-corrected chi connectivity index (χ4v) is 4.43. The third-order valence-electron chi connectivity index (χ3n) is 6.06. The van der Waals surface area contributed by atoms with Crippen molar-refractivity contribution in [2.45, 2.75) is 13.1 Å². The van der Waals surface area contributed by atoms with Crippen molar-refractivity contribution in [3.05, 3.63) is 145 Å². The molecule has 0 aliphatic heterocycles. The van der Waals surface area contributed by atoms with E-state index in [9.17, 15) is 13.2 Å². The second kappa shape index (κ2) is 10.2. The number of halogens is 3. The van der Waals surface area contributed by atoms with Gasteiger partial charge in [0.2, 0.25) is 0 Å². The smallest absolute Gasteiger partial charge is 0.311 e. The van der Waals surface area contributed by atoms with Gasteiger partial charge in [0, 0.05) is 34.1 Å². The van der Waals surface area contributed by atoms with E-state index in [1.165, 1.54) is 12.1 Å². The number of aryl methyl sites for hydroxylation is 1. The fourth-order valence-electron chi connectivity index (χ4n) is 4.43. The molecule has 0 bridgehead atoms. The van der Waals surface area contributed by atoms with E-state index < -0.39 is 11.7 Å². The molecule has 5 aromatic rings. The summed E-state index contributed by atoms with van der Waals surface area (Å²) in [5.41, 5.74) is 4.82. The van der Waals surface area contributed by atoms with Gasteiger partial charge < -0.3 is 9.80 Å². The summed E-state index contributed by atoms with van der Waals surface area (Å²) < 4.78 is 41.0. The average molecular weight is 495 g/mol. The van der Waals surface area contributed by atoms with E-state index in [1.54, 1.807) is 13.0 Å². The molecule has 0 aromatic heterocycles. The monoisotopic (exact) mass is 494 g/mol. The summed E-state index contributed by atoms with van der Waals surface area (Å²) in [4.78, 5) is 3.99. The lowest BCUT2D eigenvalue weighted by Gasteiger charge is -2.29. The number of alkyl halides is 3. The molecule has 184 valence electrons. The second-order valence-electron chi connectivity index (χ2n) is 8.75. The number of hydrogen-bond donors (Lipinski definition) is 0. The summed E-state index contributed by atoms with van der Waals surface area (Å²) in [5.74, 6) is 0. The molecule has 0 saturated carbocycles. The summed E-state index contributed by atoms with van der Waals surface area (Å²) in [6, 6.07) is 41.5. The van der Waals surface area contributed by atoms with Gasteiger partial charge in [0.15, 0.2) is 0 Å². The second-order valence-corrected chi connectivity index (χ2v) is 8.75. The molecular formula is C32H25F3N2. The van der Waals surface area contributed by atoms with Crippen LogP contribution < -0.4 is 9.80 Å². The van der Waals surface area contributed by atoms with Crippen molar-refractivity contribution in [3.63, 3.8) is 0 Å². The number of anilines is 6. The van der Waals surface area contributed by atoms with Crippen molar-refractivity contribution in [2.75, 3.05) is 9.80 Å². The molecule has 0 fully saturated rings. The van der Waals surface area contributed by atoms with Crippen LogP contribution in [0.2, 0.25) is 0 Å². The minimum absolute atomic E-state index is 0.453. The topological polar surface area (TPSA) is 6.48 Å². The first-order chi connectivity index (χ1) is 17.9. The third kappa shape index (κ3) is 5.36. The first-order valence-electron chi connectivity index (χ1n) is 11.9. The lowest BCUT2D eigenvalue weighted by molar-refractivity contribution is -0.137. The molecule has 0 aliphatic carbocycles. The van der Waals surface area contributed by atoms with E-state index in [1.807, 2.05) is 120 Å². The highest BCUT2D eigenvalue weighted by Gasteiger charge is 2.31. The van der Waals surface area contributed by atoms with Crippen molar-refractivity contribution < 1.29 is 13.2 Å². The molecule has 0 aliphatic rings. The van der Waals surface area contributed by atoms with Gasteiger partial charge in [0.1, 0.15) is 0 Å². The largest absolute Gasteiger partial charge is 0.416 e. The van der Waals surface area contributed by atoms with Gasteiger partial charge in [-0.25, -0.2) is 0 Å². The first-order valence-corrected chi connectivity index (χ1v) is 11.9. The van der Waals surface area contributed by atoms with Crippen LogP contribution in [0, 0.1) is 6.92 Å². The Balaban J connectivity index is 1.60. The van der Waals surface area contributed by atoms with Crippen LogP contribution >= 0.6 is 0 Å². The quantitative estimate of drug-likeness (QED) is 0.232. The molecule has 37 heavy (non-hydrogen) atoms. The Bertz CT molecular complexity index is 1410. The highest BCUT2D eigenvalue weighted by Crippen LogP contribution is 2.41. The first kappa shape index (κ1) is 24.2. The van der Waals surface area contributed by atoms with Crippen LogP contribution in [-0.4, -0.2) is 0 Å².